The number of halogens is 1. The molecule has 1 N–H and O–H groups in total. The fourth-order valence-corrected chi connectivity index (χ4v) is 3.56. The van der Waals surface area contributed by atoms with Crippen molar-refractivity contribution in [3.8, 4) is 0 Å². The van der Waals surface area contributed by atoms with E-state index in [1.54, 1.807) is 17.0 Å². The monoisotopic (exact) mass is 370 g/mol. The van der Waals surface area contributed by atoms with Gasteiger partial charge >= 0.3 is 6.03 Å². The summed E-state index contributed by atoms with van der Waals surface area (Å²) in [6.07, 6.45) is 0. The Morgan fingerprint density at radius 1 is 1.26 bits per heavy atom. The maximum atomic E-state index is 13.2. The topological polar surface area (TPSA) is 48.5 Å². The Labute approximate surface area is 160 Å². The maximum Gasteiger partial charge on any atom is 0.322 e. The number of carbonyl (C=O) groups is 1. The van der Waals surface area contributed by atoms with Gasteiger partial charge in [-0.1, -0.05) is 26.0 Å². The number of aromatic nitrogens is 1. The predicted molar refractivity (Wildman–Crippen MR) is 106 cm³/mol. The van der Waals surface area contributed by atoms with Gasteiger partial charge in [0.05, 0.1) is 17.4 Å². The summed E-state index contributed by atoms with van der Waals surface area (Å²) in [4.78, 5) is 21.3. The van der Waals surface area contributed by atoms with Gasteiger partial charge in [-0.3, -0.25) is 9.88 Å². The number of amides is 2. The average Bonchev–Trinajstić information content (AvgIpc) is 2.87. The van der Waals surface area contributed by atoms with Crippen LogP contribution in [-0.4, -0.2) is 43.1 Å². The minimum Gasteiger partial charge on any atom is -0.336 e. The number of fused-ring (bicyclic) bond motifs is 1. The molecule has 0 saturated carbocycles. The SMILES string of the molecule is Cc1ccc2c(n1)C(C)(C)CN2C(=O)NCC(c1ccc(F)cc1)N(C)C. The molecule has 2 amide bonds. The van der Waals surface area contributed by atoms with Crippen LogP contribution in [0, 0.1) is 12.7 Å². The van der Waals surface area contributed by atoms with Crippen LogP contribution < -0.4 is 10.2 Å². The normalized spacial score (nSPS) is 16.3. The van der Waals surface area contributed by atoms with E-state index in [0.717, 1.165) is 22.6 Å². The van der Waals surface area contributed by atoms with Crippen LogP contribution in [0.2, 0.25) is 0 Å². The van der Waals surface area contributed by atoms with Crippen LogP contribution in [0.1, 0.15) is 36.8 Å². The molecule has 1 aliphatic rings. The van der Waals surface area contributed by atoms with Crippen LogP contribution in [0.15, 0.2) is 36.4 Å². The Balaban J connectivity index is 1.75. The molecule has 5 nitrogen and oxygen atoms in total. The lowest BCUT2D eigenvalue weighted by Crippen LogP contribution is -2.44. The highest BCUT2D eigenvalue weighted by Crippen LogP contribution is 2.39. The van der Waals surface area contributed by atoms with Crippen molar-refractivity contribution >= 4 is 11.7 Å². The van der Waals surface area contributed by atoms with Gasteiger partial charge in [0.2, 0.25) is 0 Å². The summed E-state index contributed by atoms with van der Waals surface area (Å²) in [6, 6.07) is 10.1. The van der Waals surface area contributed by atoms with E-state index in [4.69, 9.17) is 0 Å². The van der Waals surface area contributed by atoms with Gasteiger partial charge < -0.3 is 10.2 Å². The highest BCUT2D eigenvalue weighted by Gasteiger charge is 2.39. The Morgan fingerprint density at radius 3 is 2.56 bits per heavy atom. The maximum absolute atomic E-state index is 13.2. The third kappa shape index (κ3) is 3.95. The zero-order chi connectivity index (χ0) is 19.8. The number of benzene rings is 1. The number of nitrogens with zero attached hydrogens (tertiary/aromatic N) is 3. The van der Waals surface area contributed by atoms with Crippen LogP contribution in [0.3, 0.4) is 0 Å². The fourth-order valence-electron chi connectivity index (χ4n) is 3.56. The second-order valence-corrected chi connectivity index (χ2v) is 8.01. The first-order chi connectivity index (χ1) is 12.7. The van der Waals surface area contributed by atoms with Crippen LogP contribution in [0.4, 0.5) is 14.9 Å². The number of aryl methyl sites for hydroxylation is 1. The zero-order valence-electron chi connectivity index (χ0n) is 16.6. The summed E-state index contributed by atoms with van der Waals surface area (Å²) >= 11 is 0. The van der Waals surface area contributed by atoms with E-state index in [9.17, 15) is 9.18 Å². The molecule has 1 aromatic carbocycles. The van der Waals surface area contributed by atoms with E-state index in [1.165, 1.54) is 12.1 Å². The molecule has 1 unspecified atom stereocenters. The molecule has 0 bridgehead atoms. The quantitative estimate of drug-likeness (QED) is 0.894. The minimum atomic E-state index is -0.265. The second kappa shape index (κ2) is 7.27. The van der Waals surface area contributed by atoms with Gasteiger partial charge in [-0.05, 0) is 50.8 Å². The number of likely N-dealkylation sites (N-methyl/N-ethyl adjacent to an activating group) is 1. The summed E-state index contributed by atoms with van der Waals surface area (Å²) in [5.74, 6) is -0.265. The Bertz CT molecular complexity index is 833. The first-order valence-electron chi connectivity index (χ1n) is 9.14. The Morgan fingerprint density at radius 2 is 1.93 bits per heavy atom. The predicted octanol–water partition coefficient (Wildman–Crippen LogP) is 3.64. The van der Waals surface area contributed by atoms with Crippen LogP contribution in [0.5, 0.6) is 0 Å². The van der Waals surface area contributed by atoms with E-state index < -0.39 is 0 Å². The number of urea groups is 1. The Kier molecular flexibility index (Phi) is 5.20. The molecule has 6 heteroatoms. The smallest absolute Gasteiger partial charge is 0.322 e. The van der Waals surface area contributed by atoms with Crippen molar-refractivity contribution in [3.05, 3.63) is 59.2 Å². The van der Waals surface area contributed by atoms with Crippen molar-refractivity contribution < 1.29 is 9.18 Å². The summed E-state index contributed by atoms with van der Waals surface area (Å²) in [6.45, 7) is 7.19. The van der Waals surface area contributed by atoms with Crippen LogP contribution in [-0.2, 0) is 5.41 Å². The number of anilines is 1. The zero-order valence-corrected chi connectivity index (χ0v) is 16.6. The highest BCUT2D eigenvalue weighted by molar-refractivity contribution is 5.94. The van der Waals surface area contributed by atoms with Gasteiger partial charge in [-0.15, -0.1) is 0 Å². The molecular formula is C21H27FN4O. The molecule has 0 saturated heterocycles. The number of nitrogens with one attached hydrogen (secondary N) is 1. The van der Waals surface area contributed by atoms with Crippen molar-refractivity contribution in [2.24, 2.45) is 0 Å². The highest BCUT2D eigenvalue weighted by atomic mass is 19.1. The molecule has 27 heavy (non-hydrogen) atoms. The van der Waals surface area contributed by atoms with E-state index in [0.29, 0.717) is 13.1 Å². The van der Waals surface area contributed by atoms with Gasteiger partial charge in [0.15, 0.2) is 0 Å². The lowest BCUT2D eigenvalue weighted by Gasteiger charge is -2.27. The summed E-state index contributed by atoms with van der Waals surface area (Å²) < 4.78 is 13.2. The lowest BCUT2D eigenvalue weighted by atomic mass is 9.91. The molecule has 2 heterocycles. The van der Waals surface area contributed by atoms with E-state index in [-0.39, 0.29) is 23.3 Å². The standard InChI is InChI=1S/C21H27FN4O/c1-14-6-11-17-19(24-14)21(2,3)13-26(17)20(27)23-12-18(25(4)5)15-7-9-16(22)10-8-15/h6-11,18H,12-13H2,1-5H3,(H,23,27). The first kappa shape index (κ1) is 19.3. The third-order valence-corrected chi connectivity index (χ3v) is 5.07. The van der Waals surface area contributed by atoms with E-state index >= 15 is 0 Å². The lowest BCUT2D eigenvalue weighted by molar-refractivity contribution is 0.237. The molecule has 3 rings (SSSR count). The fraction of sp³-hybridized carbons (Fsp3) is 0.429. The van der Waals surface area contributed by atoms with Gasteiger partial charge in [0.1, 0.15) is 5.82 Å². The molecule has 0 radical (unpaired) electrons. The van der Waals surface area contributed by atoms with Gasteiger partial charge in [-0.2, -0.15) is 0 Å². The Hall–Kier alpha value is -2.47. The molecule has 2 aromatic rings. The molecule has 1 aliphatic heterocycles. The molecule has 144 valence electrons. The largest absolute Gasteiger partial charge is 0.336 e. The van der Waals surface area contributed by atoms with E-state index in [2.05, 4.69) is 24.1 Å². The molecule has 0 spiro atoms. The van der Waals surface area contributed by atoms with Crippen LogP contribution >= 0.6 is 0 Å². The van der Waals surface area contributed by atoms with Crippen molar-refractivity contribution in [2.45, 2.75) is 32.2 Å². The molecule has 1 aromatic heterocycles. The average molecular weight is 370 g/mol. The number of pyridine rings is 1. The first-order valence-corrected chi connectivity index (χ1v) is 9.14. The van der Waals surface area contributed by atoms with Gasteiger partial charge in [0, 0.05) is 24.2 Å². The van der Waals surface area contributed by atoms with Crippen molar-refractivity contribution in [1.82, 2.24) is 15.2 Å². The second-order valence-electron chi connectivity index (χ2n) is 8.01. The number of hydrogen-bond acceptors (Lipinski definition) is 3. The summed E-state index contributed by atoms with van der Waals surface area (Å²) in [5, 5.41) is 3.04. The number of hydrogen-bond donors (Lipinski definition) is 1. The molecule has 1 atom stereocenters. The van der Waals surface area contributed by atoms with Gasteiger partial charge in [0.25, 0.3) is 0 Å². The van der Waals surface area contributed by atoms with Crippen molar-refractivity contribution in [1.29, 1.82) is 0 Å². The number of rotatable bonds is 4. The van der Waals surface area contributed by atoms with Crippen LogP contribution in [0.25, 0.3) is 0 Å². The van der Waals surface area contributed by atoms with Gasteiger partial charge in [-0.25, -0.2) is 9.18 Å². The third-order valence-electron chi connectivity index (χ3n) is 5.07. The molecular weight excluding hydrogens is 343 g/mol. The summed E-state index contributed by atoms with van der Waals surface area (Å²) in [5.41, 5.74) is 3.55. The molecule has 0 aliphatic carbocycles. The number of carbonyl (C=O) groups excluding carboxylic acids is 1. The summed E-state index contributed by atoms with van der Waals surface area (Å²) in [7, 11) is 3.89. The van der Waals surface area contributed by atoms with Crippen molar-refractivity contribution in [3.63, 3.8) is 0 Å². The minimum absolute atomic E-state index is 0.0409. The van der Waals surface area contributed by atoms with Crippen molar-refractivity contribution in [2.75, 3.05) is 32.1 Å². The van der Waals surface area contributed by atoms with E-state index in [1.807, 2.05) is 38.1 Å². The molecule has 0 fully saturated rings.